The van der Waals surface area contributed by atoms with Crippen molar-refractivity contribution >= 4 is 0 Å². The molecule has 3 aromatic rings. The highest BCUT2D eigenvalue weighted by atomic mass is 19.1. The summed E-state index contributed by atoms with van der Waals surface area (Å²) in [4.78, 5) is 2.41. The molecular formula is C19H20FN3O. The standard InChI is InChI=1S/C19H20FN3O/c20-16-6-1-4-14(10-16)18-11-21-22-19(18)15-5-2-8-23(12-15)13-17-7-3-9-24-17/h1,3-4,6-7,9-11,15H,2,5,8,12-13H2,(H,21,22)/t15-/m0/s1. The van der Waals surface area contributed by atoms with Crippen molar-refractivity contribution in [2.45, 2.75) is 25.3 Å². The molecule has 0 saturated carbocycles. The average Bonchev–Trinajstić information content (AvgIpc) is 3.26. The van der Waals surface area contributed by atoms with Gasteiger partial charge in [-0.05, 0) is 49.2 Å². The summed E-state index contributed by atoms with van der Waals surface area (Å²) in [7, 11) is 0. The Kier molecular flexibility index (Phi) is 4.17. The summed E-state index contributed by atoms with van der Waals surface area (Å²) >= 11 is 0. The molecule has 0 aliphatic carbocycles. The van der Waals surface area contributed by atoms with Gasteiger partial charge in [-0.15, -0.1) is 0 Å². The monoisotopic (exact) mass is 325 g/mol. The van der Waals surface area contributed by atoms with Crippen LogP contribution >= 0.6 is 0 Å². The second-order valence-electron chi connectivity index (χ2n) is 6.36. The third-order valence-corrected chi connectivity index (χ3v) is 4.68. The van der Waals surface area contributed by atoms with E-state index < -0.39 is 0 Å². The maximum atomic E-state index is 13.6. The van der Waals surface area contributed by atoms with Gasteiger partial charge in [-0.3, -0.25) is 10.00 Å². The molecule has 0 unspecified atom stereocenters. The van der Waals surface area contributed by atoms with Gasteiger partial charge in [0.25, 0.3) is 0 Å². The third kappa shape index (κ3) is 3.12. The van der Waals surface area contributed by atoms with Crippen molar-refractivity contribution in [3.8, 4) is 11.1 Å². The molecule has 0 radical (unpaired) electrons. The van der Waals surface area contributed by atoms with Crippen molar-refractivity contribution in [3.05, 3.63) is 66.1 Å². The van der Waals surface area contributed by atoms with Gasteiger partial charge < -0.3 is 4.42 Å². The minimum Gasteiger partial charge on any atom is -0.468 e. The highest BCUT2D eigenvalue weighted by Crippen LogP contribution is 2.33. The van der Waals surface area contributed by atoms with Gasteiger partial charge in [-0.1, -0.05) is 12.1 Å². The highest BCUT2D eigenvalue weighted by molar-refractivity contribution is 5.65. The fourth-order valence-electron chi connectivity index (χ4n) is 3.55. The molecular weight excluding hydrogens is 305 g/mol. The number of hydrogen-bond donors (Lipinski definition) is 1. The fraction of sp³-hybridized carbons (Fsp3) is 0.316. The molecule has 1 aliphatic rings. The van der Waals surface area contributed by atoms with Crippen LogP contribution in [0, 0.1) is 5.82 Å². The number of nitrogens with one attached hydrogen (secondary N) is 1. The molecule has 124 valence electrons. The predicted molar refractivity (Wildman–Crippen MR) is 89.9 cm³/mol. The van der Waals surface area contributed by atoms with Gasteiger partial charge in [0.05, 0.1) is 19.0 Å². The zero-order valence-corrected chi connectivity index (χ0v) is 13.4. The van der Waals surface area contributed by atoms with Crippen LogP contribution in [0.5, 0.6) is 0 Å². The molecule has 5 heteroatoms. The Morgan fingerprint density at radius 2 is 2.25 bits per heavy atom. The summed E-state index contributed by atoms with van der Waals surface area (Å²) in [5.41, 5.74) is 2.98. The van der Waals surface area contributed by atoms with Gasteiger partial charge in [0.1, 0.15) is 11.6 Å². The predicted octanol–water partition coefficient (Wildman–Crippen LogP) is 4.19. The SMILES string of the molecule is Fc1cccc(-c2cn[nH]c2[C@H]2CCCN(Cc3ccco3)C2)c1. The summed E-state index contributed by atoms with van der Waals surface area (Å²) in [5.74, 6) is 1.14. The lowest BCUT2D eigenvalue weighted by Gasteiger charge is -2.32. The van der Waals surface area contributed by atoms with Crippen LogP contribution in [0.1, 0.15) is 30.2 Å². The number of likely N-dealkylation sites (tertiary alicyclic amines) is 1. The smallest absolute Gasteiger partial charge is 0.123 e. The topological polar surface area (TPSA) is 45.1 Å². The first-order valence-electron chi connectivity index (χ1n) is 8.33. The largest absolute Gasteiger partial charge is 0.468 e. The van der Waals surface area contributed by atoms with E-state index in [0.29, 0.717) is 5.92 Å². The molecule has 0 amide bonds. The van der Waals surface area contributed by atoms with E-state index in [9.17, 15) is 4.39 Å². The van der Waals surface area contributed by atoms with Crippen molar-refractivity contribution in [3.63, 3.8) is 0 Å². The van der Waals surface area contributed by atoms with Crippen LogP contribution < -0.4 is 0 Å². The number of aromatic nitrogens is 2. The number of aromatic amines is 1. The number of furan rings is 1. The van der Waals surface area contributed by atoms with Crippen LogP contribution in [0.25, 0.3) is 11.1 Å². The van der Waals surface area contributed by atoms with Crippen LogP contribution in [-0.2, 0) is 6.54 Å². The highest BCUT2D eigenvalue weighted by Gasteiger charge is 2.25. The first-order chi connectivity index (χ1) is 11.8. The molecule has 0 spiro atoms. The Morgan fingerprint density at radius 3 is 3.08 bits per heavy atom. The van der Waals surface area contributed by atoms with E-state index in [2.05, 4.69) is 15.1 Å². The number of rotatable bonds is 4. The number of halogens is 1. The molecule has 4 nitrogen and oxygen atoms in total. The zero-order valence-electron chi connectivity index (χ0n) is 13.4. The number of H-pyrrole nitrogens is 1. The average molecular weight is 325 g/mol. The Labute approximate surface area is 140 Å². The van der Waals surface area contributed by atoms with Crippen LogP contribution in [0.4, 0.5) is 4.39 Å². The molecule has 1 saturated heterocycles. The fourth-order valence-corrected chi connectivity index (χ4v) is 3.55. The second-order valence-corrected chi connectivity index (χ2v) is 6.36. The van der Waals surface area contributed by atoms with Crippen molar-refractivity contribution in [2.24, 2.45) is 0 Å². The Bertz CT molecular complexity index is 797. The van der Waals surface area contributed by atoms with Crippen LogP contribution in [0.2, 0.25) is 0 Å². The molecule has 4 rings (SSSR count). The van der Waals surface area contributed by atoms with Gasteiger partial charge >= 0.3 is 0 Å². The van der Waals surface area contributed by atoms with E-state index in [1.807, 2.05) is 18.2 Å². The summed E-state index contributed by atoms with van der Waals surface area (Å²) < 4.78 is 19.0. The molecule has 2 aromatic heterocycles. The molecule has 24 heavy (non-hydrogen) atoms. The van der Waals surface area contributed by atoms with Crippen molar-refractivity contribution in [1.29, 1.82) is 0 Å². The van der Waals surface area contributed by atoms with E-state index in [1.54, 1.807) is 24.6 Å². The molecule has 1 atom stereocenters. The quantitative estimate of drug-likeness (QED) is 0.782. The second kappa shape index (κ2) is 6.61. The molecule has 1 N–H and O–H groups in total. The normalized spacial score (nSPS) is 18.8. The van der Waals surface area contributed by atoms with Gasteiger partial charge in [0.2, 0.25) is 0 Å². The van der Waals surface area contributed by atoms with E-state index in [-0.39, 0.29) is 5.82 Å². The lowest BCUT2D eigenvalue weighted by Crippen LogP contribution is -2.34. The third-order valence-electron chi connectivity index (χ3n) is 4.68. The van der Waals surface area contributed by atoms with E-state index in [4.69, 9.17) is 4.42 Å². The summed E-state index contributed by atoms with van der Waals surface area (Å²) in [6.07, 6.45) is 5.76. The maximum absolute atomic E-state index is 13.6. The minimum atomic E-state index is -0.220. The van der Waals surface area contributed by atoms with E-state index in [0.717, 1.165) is 55.1 Å². The number of nitrogens with zero attached hydrogens (tertiary/aromatic N) is 2. The summed E-state index contributed by atoms with van der Waals surface area (Å²) in [6.45, 7) is 2.85. The molecule has 1 aromatic carbocycles. The number of hydrogen-bond acceptors (Lipinski definition) is 3. The molecule has 3 heterocycles. The number of piperidine rings is 1. The van der Waals surface area contributed by atoms with Crippen molar-refractivity contribution in [2.75, 3.05) is 13.1 Å². The van der Waals surface area contributed by atoms with Crippen molar-refractivity contribution in [1.82, 2.24) is 15.1 Å². The first kappa shape index (κ1) is 15.1. The Morgan fingerprint density at radius 1 is 1.29 bits per heavy atom. The van der Waals surface area contributed by atoms with Gasteiger partial charge in [0, 0.05) is 23.7 Å². The van der Waals surface area contributed by atoms with Gasteiger partial charge in [-0.2, -0.15) is 5.10 Å². The van der Waals surface area contributed by atoms with E-state index >= 15 is 0 Å². The lowest BCUT2D eigenvalue weighted by molar-refractivity contribution is 0.185. The lowest BCUT2D eigenvalue weighted by atomic mass is 9.90. The summed E-state index contributed by atoms with van der Waals surface area (Å²) in [5, 5.41) is 7.37. The Balaban J connectivity index is 1.54. The first-order valence-corrected chi connectivity index (χ1v) is 8.33. The molecule has 1 fully saturated rings. The van der Waals surface area contributed by atoms with Crippen LogP contribution in [-0.4, -0.2) is 28.2 Å². The Hall–Kier alpha value is -2.40. The molecule has 0 bridgehead atoms. The molecule has 1 aliphatic heterocycles. The minimum absolute atomic E-state index is 0.220. The number of benzene rings is 1. The van der Waals surface area contributed by atoms with Gasteiger partial charge in [-0.25, -0.2) is 4.39 Å². The van der Waals surface area contributed by atoms with Gasteiger partial charge in [0.15, 0.2) is 0 Å². The zero-order chi connectivity index (χ0) is 16.4. The van der Waals surface area contributed by atoms with E-state index in [1.165, 1.54) is 6.07 Å². The van der Waals surface area contributed by atoms with Crippen LogP contribution in [0.15, 0.2) is 53.3 Å². The summed E-state index contributed by atoms with van der Waals surface area (Å²) in [6, 6.07) is 10.6. The maximum Gasteiger partial charge on any atom is 0.123 e. The van der Waals surface area contributed by atoms with Crippen LogP contribution in [0.3, 0.4) is 0 Å². The van der Waals surface area contributed by atoms with Crippen molar-refractivity contribution < 1.29 is 8.81 Å².